The Morgan fingerprint density at radius 2 is 0.931 bits per heavy atom. The summed E-state index contributed by atoms with van der Waals surface area (Å²) in [6, 6.07) is 20.9. The Balaban J connectivity index is 2.28. The summed E-state index contributed by atoms with van der Waals surface area (Å²) < 4.78 is 4.48. The van der Waals surface area contributed by atoms with Crippen LogP contribution in [0.2, 0.25) is 39.3 Å². The van der Waals surface area contributed by atoms with Gasteiger partial charge in [0.25, 0.3) is 0 Å². The number of benzene rings is 2. The summed E-state index contributed by atoms with van der Waals surface area (Å²) in [6.45, 7) is 18.1. The van der Waals surface area contributed by atoms with Crippen molar-refractivity contribution in [1.29, 1.82) is 0 Å². The van der Waals surface area contributed by atoms with Crippen LogP contribution < -0.4 is 9.35 Å². The average Bonchev–Trinajstić information content (AvgIpc) is 2.64. The van der Waals surface area contributed by atoms with Crippen molar-refractivity contribution in [2.75, 3.05) is 9.35 Å². The first-order chi connectivity index (χ1) is 13.5. The van der Waals surface area contributed by atoms with Gasteiger partial charge in [-0.25, -0.2) is 0 Å². The van der Waals surface area contributed by atoms with E-state index in [4.69, 9.17) is 10.2 Å². The monoisotopic (exact) mass is 424 g/mol. The zero-order chi connectivity index (χ0) is 21.7. The van der Waals surface area contributed by atoms with Crippen LogP contribution in [-0.2, 0) is 0 Å². The second-order valence-electron chi connectivity index (χ2n) is 9.48. The summed E-state index contributed by atoms with van der Waals surface area (Å²) in [5, 5.41) is 10.0. The van der Waals surface area contributed by atoms with E-state index < -0.39 is 16.5 Å². The molecule has 2 aromatic carbocycles. The molecule has 0 aliphatic rings. The highest BCUT2D eigenvalue weighted by Gasteiger charge is 2.26. The standard InChI is InChI=1S/C23H36N4Si2/c1-20(24-26(28(3,4)5)22-15-11-9-12-16-22)19-21(2)25-27(29(6,7)8)23-17-13-10-14-18-23/h9-18H,19H2,1-8H3/b24-20+,25-21+. The number of para-hydroxylation sites is 2. The van der Waals surface area contributed by atoms with Crippen molar-refractivity contribution in [1.82, 2.24) is 0 Å². The molecule has 0 N–H and O–H groups in total. The normalized spacial score (nSPS) is 13.4. The molecular formula is C23H36N4Si2. The van der Waals surface area contributed by atoms with E-state index in [1.165, 1.54) is 0 Å². The third kappa shape index (κ3) is 6.97. The summed E-state index contributed by atoms with van der Waals surface area (Å²) in [7, 11) is -3.31. The quantitative estimate of drug-likeness (QED) is 0.265. The fourth-order valence-electron chi connectivity index (χ4n) is 3.11. The molecule has 0 amide bonds. The lowest BCUT2D eigenvalue weighted by atomic mass is 10.2. The van der Waals surface area contributed by atoms with Gasteiger partial charge in [0.15, 0.2) is 16.5 Å². The molecule has 0 saturated carbocycles. The van der Waals surface area contributed by atoms with Crippen LogP contribution in [0.25, 0.3) is 0 Å². The maximum atomic E-state index is 5.02. The minimum atomic E-state index is -1.65. The Morgan fingerprint density at radius 1 is 0.621 bits per heavy atom. The van der Waals surface area contributed by atoms with Crippen molar-refractivity contribution in [2.45, 2.75) is 59.6 Å². The summed E-state index contributed by atoms with van der Waals surface area (Å²) in [6.07, 6.45) is 0.766. The van der Waals surface area contributed by atoms with Gasteiger partial charge in [-0.3, -0.25) is 9.35 Å². The molecule has 4 nitrogen and oxygen atoms in total. The number of anilines is 2. The second-order valence-corrected chi connectivity index (χ2v) is 19.0. The fraction of sp³-hybridized carbons (Fsp3) is 0.391. The third-order valence-electron chi connectivity index (χ3n) is 4.33. The van der Waals surface area contributed by atoms with E-state index >= 15 is 0 Å². The van der Waals surface area contributed by atoms with Crippen LogP contribution in [0, 0.1) is 0 Å². The van der Waals surface area contributed by atoms with E-state index in [-0.39, 0.29) is 0 Å². The third-order valence-corrected chi connectivity index (χ3v) is 7.58. The van der Waals surface area contributed by atoms with Crippen LogP contribution >= 0.6 is 0 Å². The molecule has 0 atom stereocenters. The Bertz CT molecular complexity index is 763. The lowest BCUT2D eigenvalue weighted by Crippen LogP contribution is -2.43. The van der Waals surface area contributed by atoms with Crippen molar-refractivity contribution in [2.24, 2.45) is 10.2 Å². The van der Waals surface area contributed by atoms with Gasteiger partial charge in [0.1, 0.15) is 0 Å². The Hall–Kier alpha value is -2.19. The van der Waals surface area contributed by atoms with Gasteiger partial charge in [-0.05, 0) is 77.4 Å². The Morgan fingerprint density at radius 3 is 1.21 bits per heavy atom. The van der Waals surface area contributed by atoms with E-state index in [0.29, 0.717) is 0 Å². The number of hydrazone groups is 2. The molecular weight excluding hydrogens is 388 g/mol. The molecule has 0 aliphatic carbocycles. The highest BCUT2D eigenvalue weighted by molar-refractivity contribution is 6.80. The van der Waals surface area contributed by atoms with Crippen LogP contribution in [0.4, 0.5) is 11.4 Å². The predicted molar refractivity (Wildman–Crippen MR) is 135 cm³/mol. The van der Waals surface area contributed by atoms with Gasteiger partial charge in [-0.1, -0.05) is 36.4 Å². The molecule has 2 rings (SSSR count). The van der Waals surface area contributed by atoms with Crippen molar-refractivity contribution in [3.05, 3.63) is 60.7 Å². The van der Waals surface area contributed by atoms with E-state index in [2.05, 4.69) is 111 Å². The van der Waals surface area contributed by atoms with Gasteiger partial charge in [0, 0.05) is 29.2 Å². The molecule has 0 heterocycles. The van der Waals surface area contributed by atoms with Crippen molar-refractivity contribution >= 4 is 39.3 Å². The average molecular weight is 425 g/mol. The van der Waals surface area contributed by atoms with Gasteiger partial charge >= 0.3 is 0 Å². The molecule has 0 fully saturated rings. The molecule has 0 aliphatic heterocycles. The lowest BCUT2D eigenvalue weighted by molar-refractivity contribution is 1.09. The molecule has 0 bridgehead atoms. The van der Waals surface area contributed by atoms with Gasteiger partial charge in [0.05, 0.1) is 0 Å². The van der Waals surface area contributed by atoms with E-state index in [1.54, 1.807) is 0 Å². The smallest absolute Gasteiger partial charge is 0.176 e. The number of hydrogen-bond donors (Lipinski definition) is 0. The van der Waals surface area contributed by atoms with Crippen molar-refractivity contribution < 1.29 is 0 Å². The van der Waals surface area contributed by atoms with Crippen molar-refractivity contribution in [3.63, 3.8) is 0 Å². The summed E-state index contributed by atoms with van der Waals surface area (Å²) >= 11 is 0. The minimum absolute atomic E-state index is 0.766. The van der Waals surface area contributed by atoms with Gasteiger partial charge in [0.2, 0.25) is 0 Å². The fourth-order valence-corrected chi connectivity index (χ4v) is 5.90. The molecule has 0 spiro atoms. The summed E-state index contributed by atoms with van der Waals surface area (Å²) in [5.74, 6) is 0. The first kappa shape index (κ1) is 23.1. The van der Waals surface area contributed by atoms with Gasteiger partial charge < -0.3 is 0 Å². The van der Waals surface area contributed by atoms with Crippen LogP contribution in [0.3, 0.4) is 0 Å². The number of nitrogens with zero attached hydrogens (tertiary/aromatic N) is 4. The minimum Gasteiger partial charge on any atom is -0.295 e. The van der Waals surface area contributed by atoms with E-state index in [1.807, 2.05) is 12.1 Å². The predicted octanol–water partition coefficient (Wildman–Crippen LogP) is 6.81. The molecule has 2 aromatic rings. The highest BCUT2D eigenvalue weighted by atomic mass is 28.3. The Kier molecular flexibility index (Phi) is 7.60. The van der Waals surface area contributed by atoms with E-state index in [9.17, 15) is 0 Å². The Labute approximate surface area is 179 Å². The summed E-state index contributed by atoms with van der Waals surface area (Å²) in [4.78, 5) is 0. The topological polar surface area (TPSA) is 31.2 Å². The SMILES string of the molecule is C/C(C/C(C)=N/N(c1ccccc1)[Si](C)(C)C)=N\N(c1ccccc1)[Si](C)(C)C. The van der Waals surface area contributed by atoms with Crippen LogP contribution in [0.1, 0.15) is 20.3 Å². The second kappa shape index (κ2) is 9.54. The largest absolute Gasteiger partial charge is 0.295 e. The van der Waals surface area contributed by atoms with Gasteiger partial charge in [-0.15, -0.1) is 0 Å². The lowest BCUT2D eigenvalue weighted by Gasteiger charge is -2.33. The van der Waals surface area contributed by atoms with Gasteiger partial charge in [-0.2, -0.15) is 10.2 Å². The molecule has 6 heteroatoms. The number of rotatable bonds is 8. The number of hydrogen-bond acceptors (Lipinski definition) is 4. The van der Waals surface area contributed by atoms with Crippen LogP contribution in [0.5, 0.6) is 0 Å². The molecule has 0 radical (unpaired) electrons. The molecule has 29 heavy (non-hydrogen) atoms. The van der Waals surface area contributed by atoms with Crippen molar-refractivity contribution in [3.8, 4) is 0 Å². The molecule has 156 valence electrons. The molecule has 0 aromatic heterocycles. The summed E-state index contributed by atoms with van der Waals surface area (Å²) in [5.41, 5.74) is 4.49. The van der Waals surface area contributed by atoms with Crippen LogP contribution in [0.15, 0.2) is 70.9 Å². The molecule has 0 saturated heterocycles. The van der Waals surface area contributed by atoms with E-state index in [0.717, 1.165) is 29.2 Å². The van der Waals surface area contributed by atoms with Crippen LogP contribution in [-0.4, -0.2) is 27.9 Å². The first-order valence-electron chi connectivity index (χ1n) is 10.3. The maximum absolute atomic E-state index is 5.02. The highest BCUT2D eigenvalue weighted by Crippen LogP contribution is 2.23. The first-order valence-corrected chi connectivity index (χ1v) is 17.2. The molecule has 0 unspecified atom stereocenters. The zero-order valence-corrected chi connectivity index (χ0v) is 21.3. The zero-order valence-electron chi connectivity index (χ0n) is 19.3. The maximum Gasteiger partial charge on any atom is 0.176 e.